The Morgan fingerprint density at radius 3 is 2.82 bits per heavy atom. The van der Waals surface area contributed by atoms with Crippen LogP contribution in [0.2, 0.25) is 0 Å². The van der Waals surface area contributed by atoms with Crippen LogP contribution in [0.15, 0.2) is 18.5 Å². The molecule has 2 atom stereocenters. The van der Waals surface area contributed by atoms with Gasteiger partial charge in [0.2, 0.25) is 17.6 Å². The van der Waals surface area contributed by atoms with Crippen molar-refractivity contribution >= 4 is 11.8 Å². The van der Waals surface area contributed by atoms with Gasteiger partial charge in [0.05, 0.1) is 6.54 Å². The molecule has 0 saturated carbocycles. The Bertz CT molecular complexity index is 587. The van der Waals surface area contributed by atoms with Crippen LogP contribution in [0.4, 0.5) is 0 Å². The van der Waals surface area contributed by atoms with Gasteiger partial charge in [0, 0.05) is 18.8 Å². The normalized spacial score (nSPS) is 26.6. The number of aromatic nitrogens is 2. The first-order valence-electron chi connectivity index (χ1n) is 7.40. The van der Waals surface area contributed by atoms with Gasteiger partial charge < -0.3 is 15.7 Å². The average Bonchev–Trinajstić information content (AvgIpc) is 3.05. The van der Waals surface area contributed by atoms with Crippen LogP contribution >= 0.6 is 0 Å². The van der Waals surface area contributed by atoms with Gasteiger partial charge in [-0.15, -0.1) is 0 Å². The number of nitrogens with zero attached hydrogens (tertiary/aromatic N) is 3. The van der Waals surface area contributed by atoms with Crippen LogP contribution in [0.5, 0.6) is 0 Å². The summed E-state index contributed by atoms with van der Waals surface area (Å²) >= 11 is 0. The fourth-order valence-electron chi connectivity index (χ4n) is 2.97. The third-order valence-corrected chi connectivity index (χ3v) is 4.23. The van der Waals surface area contributed by atoms with Crippen LogP contribution in [0, 0.1) is 0 Å². The quantitative estimate of drug-likeness (QED) is 0.490. The highest BCUT2D eigenvalue weighted by molar-refractivity contribution is 5.94. The summed E-state index contributed by atoms with van der Waals surface area (Å²) in [6.45, 7) is 2.76. The fourth-order valence-corrected chi connectivity index (χ4v) is 2.97. The molecule has 0 radical (unpaired) electrons. The molecule has 2 amide bonds. The highest BCUT2D eigenvalue weighted by Crippen LogP contribution is 2.37. The van der Waals surface area contributed by atoms with Gasteiger partial charge in [0.15, 0.2) is 0 Å². The molecule has 22 heavy (non-hydrogen) atoms. The van der Waals surface area contributed by atoms with Gasteiger partial charge in [-0.25, -0.2) is 9.97 Å². The number of nitrogens with one attached hydrogen (secondary N) is 2. The SMILES string of the molecule is CCC(=O)N[C@@](O)(c1ncccn1)N1C[C@@]2(CCCN2)C1=O. The molecule has 0 aliphatic carbocycles. The highest BCUT2D eigenvalue weighted by atomic mass is 16.3. The van der Waals surface area contributed by atoms with Crippen molar-refractivity contribution in [2.24, 2.45) is 0 Å². The largest absolute Gasteiger partial charge is 0.348 e. The third-order valence-electron chi connectivity index (χ3n) is 4.23. The summed E-state index contributed by atoms with van der Waals surface area (Å²) < 4.78 is 0. The minimum atomic E-state index is -2.01. The summed E-state index contributed by atoms with van der Waals surface area (Å²) in [6, 6.07) is 1.60. The van der Waals surface area contributed by atoms with Crippen molar-refractivity contribution in [1.82, 2.24) is 25.5 Å². The third kappa shape index (κ3) is 2.15. The van der Waals surface area contributed by atoms with Crippen molar-refractivity contribution in [2.75, 3.05) is 13.1 Å². The Kier molecular flexibility index (Phi) is 3.57. The van der Waals surface area contributed by atoms with Gasteiger partial charge in [-0.05, 0) is 25.5 Å². The summed E-state index contributed by atoms with van der Waals surface area (Å²) in [7, 11) is 0. The molecule has 3 N–H and O–H groups in total. The van der Waals surface area contributed by atoms with E-state index in [9.17, 15) is 14.7 Å². The Labute approximate surface area is 127 Å². The van der Waals surface area contributed by atoms with E-state index >= 15 is 0 Å². The number of β-lactam (4-membered cyclic amide) rings is 1. The maximum absolute atomic E-state index is 12.6. The van der Waals surface area contributed by atoms with Crippen molar-refractivity contribution in [3.8, 4) is 0 Å². The smallest absolute Gasteiger partial charge is 0.284 e. The van der Waals surface area contributed by atoms with Crippen LogP contribution in [0.25, 0.3) is 0 Å². The average molecular weight is 305 g/mol. The van der Waals surface area contributed by atoms with Crippen molar-refractivity contribution in [3.05, 3.63) is 24.3 Å². The van der Waals surface area contributed by atoms with E-state index in [1.54, 1.807) is 13.0 Å². The lowest BCUT2D eigenvalue weighted by Gasteiger charge is -2.52. The number of rotatable bonds is 4. The number of amides is 2. The Balaban J connectivity index is 1.90. The molecule has 2 aliphatic heterocycles. The topological polar surface area (TPSA) is 107 Å². The Hall–Kier alpha value is -2.06. The monoisotopic (exact) mass is 305 g/mol. The van der Waals surface area contributed by atoms with Gasteiger partial charge in [-0.2, -0.15) is 0 Å². The minimum absolute atomic E-state index is 0.0157. The lowest BCUT2D eigenvalue weighted by atomic mass is 9.85. The van der Waals surface area contributed by atoms with Crippen LogP contribution in [0.3, 0.4) is 0 Å². The van der Waals surface area contributed by atoms with Crippen LogP contribution < -0.4 is 10.6 Å². The van der Waals surface area contributed by atoms with Gasteiger partial charge in [0.1, 0.15) is 5.54 Å². The van der Waals surface area contributed by atoms with Gasteiger partial charge in [-0.1, -0.05) is 6.92 Å². The molecule has 2 fully saturated rings. The van der Waals surface area contributed by atoms with E-state index in [-0.39, 0.29) is 24.1 Å². The molecule has 3 rings (SSSR count). The second-order valence-electron chi connectivity index (χ2n) is 5.65. The second kappa shape index (κ2) is 5.29. The lowest BCUT2D eigenvalue weighted by molar-refractivity contribution is -0.208. The number of hydrogen-bond donors (Lipinski definition) is 3. The molecule has 0 aromatic carbocycles. The summed E-state index contributed by atoms with van der Waals surface area (Å²) in [5, 5.41) is 16.6. The molecule has 2 saturated heterocycles. The summed E-state index contributed by atoms with van der Waals surface area (Å²) in [4.78, 5) is 33.6. The first kappa shape index (κ1) is 14.9. The maximum Gasteiger partial charge on any atom is 0.284 e. The number of hydrogen-bond acceptors (Lipinski definition) is 6. The summed E-state index contributed by atoms with van der Waals surface area (Å²) in [6.07, 6.45) is 4.75. The summed E-state index contributed by atoms with van der Waals surface area (Å²) in [5.74, 6) is -2.65. The standard InChI is InChI=1S/C14H19N5O3/c1-2-10(20)18-14(22,11-15-6-4-7-16-11)19-9-13(12(19)21)5-3-8-17-13/h4,6-7,17,22H,2-3,5,8-9H2,1H3,(H,18,20)/t13-,14-/m0/s1. The predicted molar refractivity (Wildman–Crippen MR) is 76.0 cm³/mol. The van der Waals surface area contributed by atoms with Crippen molar-refractivity contribution < 1.29 is 14.7 Å². The van der Waals surface area contributed by atoms with E-state index in [2.05, 4.69) is 20.6 Å². The maximum atomic E-state index is 12.6. The van der Waals surface area contributed by atoms with Crippen molar-refractivity contribution in [3.63, 3.8) is 0 Å². The number of carbonyl (C=O) groups excluding carboxylic acids is 2. The van der Waals surface area contributed by atoms with E-state index in [4.69, 9.17) is 0 Å². The van der Waals surface area contributed by atoms with E-state index in [1.165, 1.54) is 17.3 Å². The molecule has 118 valence electrons. The zero-order valence-corrected chi connectivity index (χ0v) is 12.4. The fraction of sp³-hybridized carbons (Fsp3) is 0.571. The molecule has 3 heterocycles. The van der Waals surface area contributed by atoms with E-state index in [0.29, 0.717) is 6.54 Å². The molecular weight excluding hydrogens is 286 g/mol. The molecule has 1 aromatic heterocycles. The highest BCUT2D eigenvalue weighted by Gasteiger charge is 2.61. The van der Waals surface area contributed by atoms with E-state index < -0.39 is 11.4 Å². The van der Waals surface area contributed by atoms with Crippen LogP contribution in [0.1, 0.15) is 32.0 Å². The zero-order chi connectivity index (χ0) is 15.8. The Morgan fingerprint density at radius 1 is 1.55 bits per heavy atom. The molecule has 1 spiro atoms. The van der Waals surface area contributed by atoms with E-state index in [1.807, 2.05) is 0 Å². The molecule has 8 heteroatoms. The van der Waals surface area contributed by atoms with Crippen molar-refractivity contribution in [1.29, 1.82) is 0 Å². The number of aliphatic hydroxyl groups is 1. The van der Waals surface area contributed by atoms with Gasteiger partial charge in [-0.3, -0.25) is 14.5 Å². The molecule has 8 nitrogen and oxygen atoms in total. The van der Waals surface area contributed by atoms with E-state index in [0.717, 1.165) is 19.4 Å². The minimum Gasteiger partial charge on any atom is -0.348 e. The molecule has 1 aromatic rings. The van der Waals surface area contributed by atoms with Gasteiger partial charge >= 0.3 is 0 Å². The van der Waals surface area contributed by atoms with Gasteiger partial charge in [0.25, 0.3) is 5.85 Å². The zero-order valence-electron chi connectivity index (χ0n) is 12.4. The van der Waals surface area contributed by atoms with Crippen molar-refractivity contribution in [2.45, 2.75) is 37.6 Å². The first-order valence-corrected chi connectivity index (χ1v) is 7.40. The number of carbonyl (C=O) groups is 2. The summed E-state index contributed by atoms with van der Waals surface area (Å²) in [5.41, 5.74) is -0.611. The predicted octanol–water partition coefficient (Wildman–Crippen LogP) is -0.930. The number of likely N-dealkylation sites (tertiary alicyclic amines) is 1. The van der Waals surface area contributed by atoms with Crippen LogP contribution in [-0.4, -0.2) is 50.4 Å². The lowest BCUT2D eigenvalue weighted by Crippen LogP contribution is -2.78. The second-order valence-corrected chi connectivity index (χ2v) is 5.65. The Morgan fingerprint density at radius 2 is 2.27 bits per heavy atom. The molecule has 0 unspecified atom stereocenters. The molecule has 2 aliphatic rings. The van der Waals surface area contributed by atoms with Crippen LogP contribution in [-0.2, 0) is 15.4 Å². The molecule has 0 bridgehead atoms. The molecular formula is C14H19N5O3. The first-order chi connectivity index (χ1) is 10.5.